The number of hydrogen-bond acceptors (Lipinski definition) is 4. The molecule has 1 saturated heterocycles. The van der Waals surface area contributed by atoms with Gasteiger partial charge in [-0.2, -0.15) is 0 Å². The zero-order valence-electron chi connectivity index (χ0n) is 10.5. The Kier molecular flexibility index (Phi) is 4.13. The van der Waals surface area contributed by atoms with Crippen LogP contribution in [0.3, 0.4) is 0 Å². The fraction of sp³-hybridized carbons (Fsp3) is 0.385. The van der Waals surface area contributed by atoms with Gasteiger partial charge in [0.1, 0.15) is 6.04 Å². The molecule has 0 spiro atoms. The number of carboxylic acids is 1. The normalized spacial score (nSPS) is 20.1. The Hall–Kier alpha value is -1.92. The highest BCUT2D eigenvalue weighted by Crippen LogP contribution is 2.11. The largest absolute Gasteiger partial charge is 0.478 e. The predicted molar refractivity (Wildman–Crippen MR) is 69.7 cm³/mol. The van der Waals surface area contributed by atoms with E-state index in [-0.39, 0.29) is 17.5 Å². The van der Waals surface area contributed by atoms with Gasteiger partial charge in [0.25, 0.3) is 0 Å². The molecule has 6 nitrogen and oxygen atoms in total. The summed E-state index contributed by atoms with van der Waals surface area (Å²) in [6.45, 7) is 2.71. The van der Waals surface area contributed by atoms with E-state index < -0.39 is 5.97 Å². The average molecular weight is 263 g/mol. The van der Waals surface area contributed by atoms with Crippen molar-refractivity contribution in [2.75, 3.05) is 19.6 Å². The van der Waals surface area contributed by atoms with Crippen LogP contribution in [-0.2, 0) is 11.3 Å². The number of carbonyl (C=O) groups excluding carboxylic acids is 1. The molecule has 0 aliphatic carbocycles. The van der Waals surface area contributed by atoms with Gasteiger partial charge in [-0.3, -0.25) is 9.69 Å². The first-order chi connectivity index (χ1) is 9.08. The van der Waals surface area contributed by atoms with E-state index in [1.54, 1.807) is 24.3 Å². The lowest BCUT2D eigenvalue weighted by Gasteiger charge is -2.34. The molecule has 2 rings (SSSR count). The van der Waals surface area contributed by atoms with E-state index >= 15 is 0 Å². The van der Waals surface area contributed by atoms with Crippen molar-refractivity contribution in [2.45, 2.75) is 12.6 Å². The molecule has 0 saturated carbocycles. The summed E-state index contributed by atoms with van der Waals surface area (Å²) in [4.78, 5) is 24.1. The van der Waals surface area contributed by atoms with Gasteiger partial charge in [0.2, 0.25) is 5.91 Å². The van der Waals surface area contributed by atoms with E-state index in [1.807, 2.05) is 4.90 Å². The summed E-state index contributed by atoms with van der Waals surface area (Å²) in [6, 6.07) is 6.36. The van der Waals surface area contributed by atoms with Crippen LogP contribution in [0, 0.1) is 0 Å². The number of amides is 1. The molecule has 1 amide bonds. The van der Waals surface area contributed by atoms with Crippen molar-refractivity contribution >= 4 is 11.9 Å². The lowest BCUT2D eigenvalue weighted by Crippen LogP contribution is -2.56. The fourth-order valence-electron chi connectivity index (χ4n) is 2.20. The number of primary amides is 1. The lowest BCUT2D eigenvalue weighted by atomic mass is 10.1. The van der Waals surface area contributed by atoms with Crippen LogP contribution in [0.4, 0.5) is 0 Å². The monoisotopic (exact) mass is 263 g/mol. The summed E-state index contributed by atoms with van der Waals surface area (Å²) in [5, 5.41) is 12.0. The number of carboxylic acid groups (broad SMARTS) is 1. The molecule has 1 aliphatic heterocycles. The van der Waals surface area contributed by atoms with Crippen LogP contribution < -0.4 is 11.1 Å². The van der Waals surface area contributed by atoms with Gasteiger partial charge >= 0.3 is 5.97 Å². The predicted octanol–water partition coefficient (Wildman–Crippen LogP) is -0.356. The number of benzene rings is 1. The van der Waals surface area contributed by atoms with Gasteiger partial charge in [0, 0.05) is 26.2 Å². The van der Waals surface area contributed by atoms with Crippen molar-refractivity contribution in [1.82, 2.24) is 10.2 Å². The second kappa shape index (κ2) is 5.81. The first-order valence-electron chi connectivity index (χ1n) is 6.14. The third kappa shape index (κ3) is 3.30. The Morgan fingerprint density at radius 2 is 2.05 bits per heavy atom. The Labute approximate surface area is 111 Å². The lowest BCUT2D eigenvalue weighted by molar-refractivity contribution is -0.124. The molecular weight excluding hydrogens is 246 g/mol. The Morgan fingerprint density at radius 3 is 2.63 bits per heavy atom. The van der Waals surface area contributed by atoms with Gasteiger partial charge in [0.05, 0.1) is 5.56 Å². The van der Waals surface area contributed by atoms with Crippen LogP contribution in [0.15, 0.2) is 24.3 Å². The number of carbonyl (C=O) groups is 2. The molecule has 1 aromatic rings. The topological polar surface area (TPSA) is 95.7 Å². The highest BCUT2D eigenvalue weighted by Gasteiger charge is 2.26. The summed E-state index contributed by atoms with van der Waals surface area (Å²) in [7, 11) is 0. The minimum absolute atomic E-state index is 0.260. The van der Waals surface area contributed by atoms with E-state index in [9.17, 15) is 9.59 Å². The maximum Gasteiger partial charge on any atom is 0.335 e. The van der Waals surface area contributed by atoms with E-state index in [2.05, 4.69) is 5.32 Å². The van der Waals surface area contributed by atoms with Crippen LogP contribution in [0.25, 0.3) is 0 Å². The molecule has 1 heterocycles. The first-order valence-corrected chi connectivity index (χ1v) is 6.14. The molecule has 1 unspecified atom stereocenters. The van der Waals surface area contributed by atoms with Gasteiger partial charge in [-0.15, -0.1) is 0 Å². The van der Waals surface area contributed by atoms with Crippen LogP contribution >= 0.6 is 0 Å². The number of nitrogens with zero attached hydrogens (tertiary/aromatic N) is 1. The third-order valence-corrected chi connectivity index (χ3v) is 3.27. The quantitative estimate of drug-likeness (QED) is 0.689. The number of rotatable bonds is 4. The van der Waals surface area contributed by atoms with Gasteiger partial charge in [-0.1, -0.05) is 12.1 Å². The maximum atomic E-state index is 11.4. The van der Waals surface area contributed by atoms with Crippen molar-refractivity contribution in [2.24, 2.45) is 5.73 Å². The van der Waals surface area contributed by atoms with Gasteiger partial charge in [-0.05, 0) is 17.7 Å². The zero-order chi connectivity index (χ0) is 13.8. The van der Waals surface area contributed by atoms with E-state index in [4.69, 9.17) is 10.8 Å². The van der Waals surface area contributed by atoms with Crippen molar-refractivity contribution in [3.63, 3.8) is 0 Å². The average Bonchev–Trinajstić information content (AvgIpc) is 2.39. The summed E-state index contributed by atoms with van der Waals surface area (Å²) in [5.41, 5.74) is 6.61. The molecule has 1 aliphatic rings. The molecule has 1 aromatic carbocycles. The Balaban J connectivity index is 2.06. The summed E-state index contributed by atoms with van der Waals surface area (Å²) in [6.07, 6.45) is 0. The molecule has 1 atom stereocenters. The molecule has 0 bridgehead atoms. The summed E-state index contributed by atoms with van der Waals surface area (Å²) in [5.74, 6) is -1.28. The number of nitrogens with two attached hydrogens (primary N) is 1. The van der Waals surface area contributed by atoms with Crippen molar-refractivity contribution < 1.29 is 14.7 Å². The van der Waals surface area contributed by atoms with Crippen LogP contribution in [0.2, 0.25) is 0 Å². The number of piperazine rings is 1. The second-order valence-corrected chi connectivity index (χ2v) is 4.59. The van der Waals surface area contributed by atoms with E-state index in [0.29, 0.717) is 13.1 Å². The summed E-state index contributed by atoms with van der Waals surface area (Å²) < 4.78 is 0. The number of hydrogen-bond donors (Lipinski definition) is 3. The molecule has 19 heavy (non-hydrogen) atoms. The van der Waals surface area contributed by atoms with Crippen LogP contribution in [0.5, 0.6) is 0 Å². The molecule has 102 valence electrons. The first kappa shape index (κ1) is 13.5. The Bertz CT molecular complexity index is 473. The standard InChI is InChI=1S/C13H17N3O3/c14-12(17)11-7-15-5-6-16(11)8-9-1-3-10(4-2-9)13(18)19/h1-4,11,15H,5-8H2,(H2,14,17)(H,18,19). The molecule has 0 radical (unpaired) electrons. The third-order valence-electron chi connectivity index (χ3n) is 3.27. The van der Waals surface area contributed by atoms with Crippen LogP contribution in [-0.4, -0.2) is 47.6 Å². The smallest absolute Gasteiger partial charge is 0.335 e. The van der Waals surface area contributed by atoms with Crippen molar-refractivity contribution in [1.29, 1.82) is 0 Å². The number of nitrogens with one attached hydrogen (secondary N) is 1. The van der Waals surface area contributed by atoms with Gasteiger partial charge < -0.3 is 16.2 Å². The molecule has 0 aromatic heterocycles. The molecule has 6 heteroatoms. The van der Waals surface area contributed by atoms with Gasteiger partial charge in [-0.25, -0.2) is 4.79 Å². The van der Waals surface area contributed by atoms with E-state index in [1.165, 1.54) is 0 Å². The molecular formula is C13H17N3O3. The SMILES string of the molecule is NC(=O)C1CNCCN1Cc1ccc(C(=O)O)cc1. The zero-order valence-corrected chi connectivity index (χ0v) is 10.5. The maximum absolute atomic E-state index is 11.4. The van der Waals surface area contributed by atoms with Crippen molar-refractivity contribution in [3.8, 4) is 0 Å². The second-order valence-electron chi connectivity index (χ2n) is 4.59. The Morgan fingerprint density at radius 1 is 1.37 bits per heavy atom. The van der Waals surface area contributed by atoms with Crippen molar-refractivity contribution in [3.05, 3.63) is 35.4 Å². The minimum Gasteiger partial charge on any atom is -0.478 e. The van der Waals surface area contributed by atoms with Crippen LogP contribution in [0.1, 0.15) is 15.9 Å². The van der Waals surface area contributed by atoms with Gasteiger partial charge in [0.15, 0.2) is 0 Å². The highest BCUT2D eigenvalue weighted by molar-refractivity contribution is 5.87. The summed E-state index contributed by atoms with van der Waals surface area (Å²) >= 11 is 0. The van der Waals surface area contributed by atoms with E-state index in [0.717, 1.165) is 18.7 Å². The highest BCUT2D eigenvalue weighted by atomic mass is 16.4. The molecule has 1 fully saturated rings. The minimum atomic E-state index is -0.941. The number of aromatic carboxylic acids is 1. The molecule has 4 N–H and O–H groups in total. The fourth-order valence-corrected chi connectivity index (χ4v) is 2.20.